The molecule has 0 aromatic carbocycles. The van der Waals surface area contributed by atoms with Gasteiger partial charge in [-0.2, -0.15) is 0 Å². The van der Waals surface area contributed by atoms with Crippen LogP contribution in [0.2, 0.25) is 0 Å². The van der Waals surface area contributed by atoms with Crippen molar-refractivity contribution in [2.24, 2.45) is 11.7 Å². The molecule has 0 heterocycles. The van der Waals surface area contributed by atoms with Crippen LogP contribution in [0.1, 0.15) is 52.4 Å². The molecule has 0 rings (SSSR count). The van der Waals surface area contributed by atoms with E-state index in [4.69, 9.17) is 5.73 Å². The molecule has 0 aromatic rings. The first kappa shape index (κ1) is 16.6. The normalized spacial score (nSPS) is 11.9. The molecule has 0 saturated carbocycles. The van der Waals surface area contributed by atoms with Gasteiger partial charge in [0.1, 0.15) is 5.78 Å². The van der Waals surface area contributed by atoms with Gasteiger partial charge in [0.15, 0.2) is 0 Å². The Kier molecular flexibility index (Phi) is 8.88. The zero-order valence-corrected chi connectivity index (χ0v) is 11.3. The summed E-state index contributed by atoms with van der Waals surface area (Å²) in [4.78, 5) is 33.3. The van der Waals surface area contributed by atoms with Crippen molar-refractivity contribution in [1.82, 2.24) is 5.32 Å². The second kappa shape index (κ2) is 9.62. The largest absolute Gasteiger partial charge is 0.369 e. The van der Waals surface area contributed by atoms with E-state index < -0.39 is 11.8 Å². The summed E-state index contributed by atoms with van der Waals surface area (Å²) in [5.41, 5.74) is 5.13. The van der Waals surface area contributed by atoms with Gasteiger partial charge < -0.3 is 11.1 Å². The highest BCUT2D eigenvalue weighted by atomic mass is 16.2. The summed E-state index contributed by atoms with van der Waals surface area (Å²) in [6.07, 6.45) is 4.41. The molecule has 0 saturated heterocycles. The number of hydrogen-bond acceptors (Lipinski definition) is 3. The fourth-order valence-electron chi connectivity index (χ4n) is 1.67. The van der Waals surface area contributed by atoms with Gasteiger partial charge in [-0.1, -0.05) is 19.8 Å². The monoisotopic (exact) mass is 256 g/mol. The van der Waals surface area contributed by atoms with Crippen molar-refractivity contribution in [2.75, 3.05) is 6.54 Å². The highest BCUT2D eigenvalue weighted by molar-refractivity contribution is 5.99. The Balaban J connectivity index is 3.63. The lowest BCUT2D eigenvalue weighted by Gasteiger charge is -2.09. The lowest BCUT2D eigenvalue weighted by Crippen LogP contribution is -2.29. The quantitative estimate of drug-likeness (QED) is 0.454. The summed E-state index contributed by atoms with van der Waals surface area (Å²) in [7, 11) is 0. The van der Waals surface area contributed by atoms with Gasteiger partial charge in [0.2, 0.25) is 11.8 Å². The minimum absolute atomic E-state index is 0.0647. The smallest absolute Gasteiger partial charge is 0.227 e. The van der Waals surface area contributed by atoms with Gasteiger partial charge in [-0.3, -0.25) is 14.4 Å². The number of carbonyl (C=O) groups excluding carboxylic acids is 3. The van der Waals surface area contributed by atoms with Gasteiger partial charge in [0.05, 0.1) is 5.92 Å². The molecular weight excluding hydrogens is 232 g/mol. The average molecular weight is 256 g/mol. The SMILES string of the molecule is CCCCC(=O)NCCCCC(C(C)=O)C(N)=O. The Labute approximate surface area is 108 Å². The van der Waals surface area contributed by atoms with E-state index in [1.807, 2.05) is 6.92 Å². The molecule has 2 amide bonds. The van der Waals surface area contributed by atoms with E-state index in [0.717, 1.165) is 19.3 Å². The number of carbonyl (C=O) groups is 3. The molecule has 0 aliphatic carbocycles. The van der Waals surface area contributed by atoms with E-state index in [1.165, 1.54) is 6.92 Å². The van der Waals surface area contributed by atoms with E-state index in [9.17, 15) is 14.4 Å². The van der Waals surface area contributed by atoms with Crippen molar-refractivity contribution < 1.29 is 14.4 Å². The molecular formula is C13H24N2O3. The molecule has 18 heavy (non-hydrogen) atoms. The first-order valence-corrected chi connectivity index (χ1v) is 6.55. The Morgan fingerprint density at radius 3 is 2.33 bits per heavy atom. The molecule has 104 valence electrons. The van der Waals surface area contributed by atoms with Gasteiger partial charge in [-0.05, 0) is 26.2 Å². The van der Waals surface area contributed by atoms with Crippen molar-refractivity contribution in [3.05, 3.63) is 0 Å². The first-order chi connectivity index (χ1) is 8.49. The lowest BCUT2D eigenvalue weighted by molar-refractivity contribution is -0.131. The molecule has 0 aliphatic heterocycles. The minimum Gasteiger partial charge on any atom is -0.369 e. The molecule has 0 bridgehead atoms. The van der Waals surface area contributed by atoms with Crippen molar-refractivity contribution in [3.8, 4) is 0 Å². The van der Waals surface area contributed by atoms with Gasteiger partial charge in [0, 0.05) is 13.0 Å². The van der Waals surface area contributed by atoms with E-state index in [2.05, 4.69) is 5.32 Å². The Morgan fingerprint density at radius 2 is 1.83 bits per heavy atom. The second-order valence-electron chi connectivity index (χ2n) is 4.51. The molecule has 3 N–H and O–H groups in total. The van der Waals surface area contributed by atoms with Gasteiger partial charge >= 0.3 is 0 Å². The van der Waals surface area contributed by atoms with Crippen LogP contribution in [0.4, 0.5) is 0 Å². The number of unbranched alkanes of at least 4 members (excludes halogenated alkanes) is 2. The minimum atomic E-state index is -0.680. The first-order valence-electron chi connectivity index (χ1n) is 6.55. The number of Topliss-reactive ketones (excluding diaryl/α,β-unsaturated/α-hetero) is 1. The second-order valence-corrected chi connectivity index (χ2v) is 4.51. The number of nitrogens with two attached hydrogens (primary N) is 1. The molecule has 0 aromatic heterocycles. The maximum Gasteiger partial charge on any atom is 0.227 e. The van der Waals surface area contributed by atoms with Crippen LogP contribution in [-0.2, 0) is 14.4 Å². The highest BCUT2D eigenvalue weighted by Gasteiger charge is 2.19. The predicted molar refractivity (Wildman–Crippen MR) is 69.8 cm³/mol. The standard InChI is InChI=1S/C13H24N2O3/c1-3-4-8-12(17)15-9-6-5-7-11(10(2)16)13(14)18/h11H,3-9H2,1-2H3,(H2,14,18)(H,15,17). The van der Waals surface area contributed by atoms with Gasteiger partial charge in [-0.15, -0.1) is 0 Å². The van der Waals surface area contributed by atoms with Crippen molar-refractivity contribution >= 4 is 17.6 Å². The topological polar surface area (TPSA) is 89.3 Å². The third kappa shape index (κ3) is 7.81. The maximum atomic E-state index is 11.3. The van der Waals surface area contributed by atoms with Crippen molar-refractivity contribution in [3.63, 3.8) is 0 Å². The summed E-state index contributed by atoms with van der Waals surface area (Å²) >= 11 is 0. The Bertz CT molecular complexity index is 276. The summed E-state index contributed by atoms with van der Waals surface area (Å²) in [6, 6.07) is 0. The number of rotatable bonds is 10. The predicted octanol–water partition coefficient (Wildman–Crippen LogP) is 1.15. The zero-order valence-electron chi connectivity index (χ0n) is 11.3. The fourth-order valence-corrected chi connectivity index (χ4v) is 1.67. The van der Waals surface area contributed by atoms with Gasteiger partial charge in [-0.25, -0.2) is 0 Å². The fraction of sp³-hybridized carbons (Fsp3) is 0.769. The number of primary amides is 1. The van der Waals surface area contributed by atoms with E-state index in [0.29, 0.717) is 25.8 Å². The number of ketones is 1. The van der Waals surface area contributed by atoms with Gasteiger partial charge in [0.25, 0.3) is 0 Å². The average Bonchev–Trinajstić information content (AvgIpc) is 2.29. The number of amides is 2. The van der Waals surface area contributed by atoms with E-state index in [1.54, 1.807) is 0 Å². The molecule has 0 aliphatic rings. The third-order valence-electron chi connectivity index (χ3n) is 2.83. The molecule has 1 unspecified atom stereocenters. The highest BCUT2D eigenvalue weighted by Crippen LogP contribution is 2.09. The molecule has 0 fully saturated rings. The van der Waals surface area contributed by atoms with Crippen LogP contribution in [-0.4, -0.2) is 24.1 Å². The maximum absolute atomic E-state index is 11.3. The summed E-state index contributed by atoms with van der Waals surface area (Å²) < 4.78 is 0. The van der Waals surface area contributed by atoms with Crippen LogP contribution in [0.25, 0.3) is 0 Å². The van der Waals surface area contributed by atoms with Crippen LogP contribution >= 0.6 is 0 Å². The van der Waals surface area contributed by atoms with Crippen LogP contribution < -0.4 is 11.1 Å². The molecule has 5 nitrogen and oxygen atoms in total. The summed E-state index contributed by atoms with van der Waals surface area (Å²) in [5, 5.41) is 2.81. The van der Waals surface area contributed by atoms with Crippen LogP contribution in [0.5, 0.6) is 0 Å². The van der Waals surface area contributed by atoms with Crippen LogP contribution in [0.3, 0.4) is 0 Å². The van der Waals surface area contributed by atoms with Crippen molar-refractivity contribution in [2.45, 2.75) is 52.4 Å². The number of nitrogens with one attached hydrogen (secondary N) is 1. The summed E-state index contributed by atoms with van der Waals surface area (Å²) in [5.74, 6) is -1.36. The van der Waals surface area contributed by atoms with Crippen LogP contribution in [0.15, 0.2) is 0 Å². The zero-order chi connectivity index (χ0) is 14.0. The Morgan fingerprint density at radius 1 is 1.17 bits per heavy atom. The molecule has 1 atom stereocenters. The van der Waals surface area contributed by atoms with Crippen molar-refractivity contribution in [1.29, 1.82) is 0 Å². The third-order valence-corrected chi connectivity index (χ3v) is 2.83. The molecule has 0 spiro atoms. The van der Waals surface area contributed by atoms with E-state index in [-0.39, 0.29) is 11.7 Å². The van der Waals surface area contributed by atoms with Crippen LogP contribution in [0, 0.1) is 5.92 Å². The van der Waals surface area contributed by atoms with E-state index >= 15 is 0 Å². The lowest BCUT2D eigenvalue weighted by atomic mass is 9.97. The number of hydrogen-bond donors (Lipinski definition) is 2. The molecule has 0 radical (unpaired) electrons. The molecule has 5 heteroatoms. The summed E-state index contributed by atoms with van der Waals surface area (Å²) in [6.45, 7) is 4.01. The Hall–Kier alpha value is -1.39.